The van der Waals surface area contributed by atoms with Gasteiger partial charge in [-0.15, -0.1) is 12.3 Å². The minimum absolute atomic E-state index is 0. The minimum atomic E-state index is 0. The van der Waals surface area contributed by atoms with Gasteiger partial charge in [0.1, 0.15) is 6.33 Å². The molecule has 1 aliphatic heterocycles. The molecule has 4 rings (SSSR count). The van der Waals surface area contributed by atoms with Crippen LogP contribution < -0.4 is 15.2 Å². The Morgan fingerprint density at radius 2 is 2.04 bits per heavy atom. The van der Waals surface area contributed by atoms with Crippen LogP contribution in [0.15, 0.2) is 33.0 Å². The number of aromatic nitrogens is 4. The molecule has 1 unspecified atom stereocenters. The summed E-state index contributed by atoms with van der Waals surface area (Å²) in [5.41, 5.74) is 7.27. The van der Waals surface area contributed by atoms with E-state index in [0.29, 0.717) is 35.7 Å². The van der Waals surface area contributed by atoms with Crippen LogP contribution in [0.3, 0.4) is 0 Å². The zero-order valence-electron chi connectivity index (χ0n) is 14.8. The Balaban J connectivity index is 0.00000140. The maximum Gasteiger partial charge on any atom is 0.231 e. The van der Waals surface area contributed by atoms with Crippen LogP contribution in [0.4, 0.5) is 5.82 Å². The van der Waals surface area contributed by atoms with Crippen molar-refractivity contribution >= 4 is 54.6 Å². The fourth-order valence-electron chi connectivity index (χ4n) is 2.63. The normalized spacial score (nSPS) is 11.6. The second-order valence-corrected chi connectivity index (χ2v) is 7.39. The number of benzene rings is 1. The van der Waals surface area contributed by atoms with Crippen LogP contribution in [0.25, 0.3) is 11.2 Å². The molecule has 144 valence electrons. The van der Waals surface area contributed by atoms with Crippen molar-refractivity contribution < 1.29 is 40.6 Å². The largest absolute Gasteiger partial charge is 0.454 e. The number of imidazole rings is 1. The summed E-state index contributed by atoms with van der Waals surface area (Å²) in [6.45, 7) is 0.925. The third kappa shape index (κ3) is 4.61. The smallest absolute Gasteiger partial charge is 0.231 e. The molecule has 0 amide bonds. The summed E-state index contributed by atoms with van der Waals surface area (Å²) in [5, 5.41) is 0.767. The summed E-state index contributed by atoms with van der Waals surface area (Å²) in [5.74, 6) is 4.45. The van der Waals surface area contributed by atoms with Crippen LogP contribution >= 0.6 is 37.6 Å². The molecule has 0 fully saturated rings. The standard InChI is InChI=1S/C17H14BrN5O2S.H3P.U/c1-2-3-4-5-23-16-14(15(19)20-8-21-16)22-17(23)26-13-7-12-11(6-10(13)18)24-9-25-12;;/h1,6-8H,3-5,9H2,(H2,19,20,21);1H3;. The number of anilines is 1. The molecule has 3 heterocycles. The van der Waals surface area contributed by atoms with Crippen LogP contribution in [0, 0.1) is 43.5 Å². The molecule has 3 aromatic rings. The third-order valence-electron chi connectivity index (χ3n) is 3.86. The topological polar surface area (TPSA) is 88.1 Å². The van der Waals surface area contributed by atoms with Gasteiger partial charge in [0.15, 0.2) is 33.6 Å². The Bertz CT molecular complexity index is 1040. The molecule has 0 aliphatic carbocycles. The van der Waals surface area contributed by atoms with Crippen molar-refractivity contribution in [2.24, 2.45) is 0 Å². The van der Waals surface area contributed by atoms with Crippen LogP contribution in [0.2, 0.25) is 0 Å². The van der Waals surface area contributed by atoms with Crippen LogP contribution in [0.5, 0.6) is 11.5 Å². The van der Waals surface area contributed by atoms with E-state index in [4.69, 9.17) is 21.6 Å². The van der Waals surface area contributed by atoms with E-state index in [0.717, 1.165) is 26.7 Å². The molecule has 7 nitrogen and oxygen atoms in total. The molecule has 2 aromatic heterocycles. The zero-order chi connectivity index (χ0) is 18.1. The van der Waals surface area contributed by atoms with E-state index in [-0.39, 0.29) is 47.8 Å². The monoisotopic (exact) mass is 703 g/mol. The number of halogens is 1. The molecule has 1 aromatic carbocycles. The number of nitrogen functional groups attached to an aromatic ring is 1. The molecule has 28 heavy (non-hydrogen) atoms. The number of hydrogen-bond donors (Lipinski definition) is 1. The van der Waals surface area contributed by atoms with Crippen molar-refractivity contribution in [1.29, 1.82) is 0 Å². The molecule has 1 aliphatic rings. The minimum Gasteiger partial charge on any atom is -0.454 e. The second kappa shape index (κ2) is 10.2. The number of unbranched alkanes of at least 4 members (excludes halogenated alkanes) is 1. The zero-order valence-corrected chi connectivity index (χ0v) is 22.8. The fourth-order valence-corrected chi connectivity index (χ4v) is 4.14. The Labute approximate surface area is 202 Å². The number of rotatable bonds is 5. The number of aryl methyl sites for hydroxylation is 1. The van der Waals surface area contributed by atoms with Gasteiger partial charge in [-0.05, 0) is 34.5 Å². The molecule has 11 heteroatoms. The number of terminal acetylenes is 1. The first-order valence-corrected chi connectivity index (χ1v) is 9.45. The average molecular weight is 704 g/mol. The summed E-state index contributed by atoms with van der Waals surface area (Å²) >= 11 is 5.08. The van der Waals surface area contributed by atoms with E-state index >= 15 is 0 Å². The SMILES string of the molecule is C#CCCCn1c(Sc2cc3c(cc2Br)OCO3)nc2c(N)ncnc21.P.[U]. The third-order valence-corrected chi connectivity index (χ3v) is 5.83. The summed E-state index contributed by atoms with van der Waals surface area (Å²) in [4.78, 5) is 14.0. The van der Waals surface area contributed by atoms with E-state index in [1.54, 1.807) is 0 Å². The van der Waals surface area contributed by atoms with Crippen molar-refractivity contribution in [2.75, 3.05) is 12.5 Å². The van der Waals surface area contributed by atoms with Gasteiger partial charge in [0.05, 0.1) is 0 Å². The van der Waals surface area contributed by atoms with Gasteiger partial charge in [-0.3, -0.25) is 0 Å². The van der Waals surface area contributed by atoms with Crippen molar-refractivity contribution in [2.45, 2.75) is 29.4 Å². The van der Waals surface area contributed by atoms with Crippen LogP contribution in [-0.4, -0.2) is 26.3 Å². The molecule has 0 bridgehead atoms. The van der Waals surface area contributed by atoms with Gasteiger partial charge in [-0.2, -0.15) is 9.90 Å². The van der Waals surface area contributed by atoms with Gasteiger partial charge < -0.3 is 19.8 Å². The predicted molar refractivity (Wildman–Crippen MR) is 113 cm³/mol. The summed E-state index contributed by atoms with van der Waals surface area (Å²) < 4.78 is 13.8. The molecule has 1 atom stereocenters. The summed E-state index contributed by atoms with van der Waals surface area (Å²) in [7, 11) is 0. The van der Waals surface area contributed by atoms with Crippen molar-refractivity contribution in [3.05, 3.63) is 22.9 Å². The molecule has 0 spiro atoms. The second-order valence-electron chi connectivity index (χ2n) is 5.52. The molecular formula is C17H17BrN5O2PSU. The molecular weight excluding hydrogens is 687 g/mol. The fraction of sp³-hybridized carbons (Fsp3) is 0.235. The van der Waals surface area contributed by atoms with Crippen molar-refractivity contribution in [3.8, 4) is 23.8 Å². The number of fused-ring (bicyclic) bond motifs is 2. The van der Waals surface area contributed by atoms with Gasteiger partial charge >= 0.3 is 0 Å². The Kier molecular flexibility index (Phi) is 8.48. The molecule has 0 saturated carbocycles. The first-order chi connectivity index (χ1) is 12.7. The summed E-state index contributed by atoms with van der Waals surface area (Å²) in [6, 6.07) is 3.82. The number of hydrogen-bond acceptors (Lipinski definition) is 7. The van der Waals surface area contributed by atoms with Crippen LogP contribution in [0.1, 0.15) is 12.8 Å². The van der Waals surface area contributed by atoms with E-state index in [2.05, 4.69) is 36.8 Å². The van der Waals surface area contributed by atoms with E-state index in [1.807, 2.05) is 16.7 Å². The maximum atomic E-state index is 5.98. The first-order valence-electron chi connectivity index (χ1n) is 7.84. The van der Waals surface area contributed by atoms with E-state index in [9.17, 15) is 0 Å². The number of ether oxygens (including phenoxy) is 2. The van der Waals surface area contributed by atoms with Gasteiger partial charge in [0.25, 0.3) is 0 Å². The molecule has 0 radical (unpaired) electrons. The van der Waals surface area contributed by atoms with Crippen LogP contribution in [-0.2, 0) is 6.54 Å². The first kappa shape index (κ1) is 23.3. The van der Waals surface area contributed by atoms with Gasteiger partial charge in [0, 0.05) is 53.4 Å². The van der Waals surface area contributed by atoms with E-state index in [1.165, 1.54) is 18.1 Å². The van der Waals surface area contributed by atoms with Crippen molar-refractivity contribution in [1.82, 2.24) is 19.5 Å². The van der Waals surface area contributed by atoms with Gasteiger partial charge in [-0.25, -0.2) is 15.0 Å². The quantitative estimate of drug-likeness (QED) is 0.247. The number of nitrogens with two attached hydrogens (primary N) is 1. The Hall–Kier alpha value is -0.958. The van der Waals surface area contributed by atoms with E-state index < -0.39 is 0 Å². The Morgan fingerprint density at radius 1 is 1.29 bits per heavy atom. The number of nitrogens with zero attached hydrogens (tertiary/aromatic N) is 4. The summed E-state index contributed by atoms with van der Waals surface area (Å²) in [6.07, 6.45) is 8.33. The molecule has 0 saturated heterocycles. The van der Waals surface area contributed by atoms with Gasteiger partial charge in [-0.1, -0.05) is 11.8 Å². The van der Waals surface area contributed by atoms with Gasteiger partial charge in [0.2, 0.25) is 6.79 Å². The molecule has 2 N–H and O–H groups in total. The predicted octanol–water partition coefficient (Wildman–Crippen LogP) is 3.52. The van der Waals surface area contributed by atoms with Crippen molar-refractivity contribution in [3.63, 3.8) is 0 Å². The average Bonchev–Trinajstić information content (AvgIpc) is 3.21. The maximum absolute atomic E-state index is 5.98. The Morgan fingerprint density at radius 3 is 2.79 bits per heavy atom.